The molecule has 36 heavy (non-hydrogen) atoms. The molecule has 3 aliphatic heterocycles. The summed E-state index contributed by atoms with van der Waals surface area (Å²) in [5, 5.41) is 74.5. The van der Waals surface area contributed by atoms with Crippen LogP contribution in [0.25, 0.3) is 0 Å². The van der Waals surface area contributed by atoms with Crippen LogP contribution >= 0.6 is 0 Å². The van der Waals surface area contributed by atoms with Crippen LogP contribution in [0.5, 0.6) is 0 Å². The van der Waals surface area contributed by atoms with Crippen molar-refractivity contribution in [2.45, 2.75) is 108 Å². The Morgan fingerprint density at radius 3 is 1.94 bits per heavy atom. The molecule has 0 radical (unpaired) electrons. The molecule has 8 N–H and O–H groups in total. The van der Waals surface area contributed by atoms with Crippen molar-refractivity contribution in [2.75, 3.05) is 13.2 Å². The van der Waals surface area contributed by atoms with Crippen LogP contribution in [0.3, 0.4) is 0 Å². The quantitative estimate of drug-likeness (QED) is 0.160. The molecule has 14 nitrogen and oxygen atoms in total. The van der Waals surface area contributed by atoms with Crippen molar-refractivity contribution >= 4 is 5.91 Å². The summed E-state index contributed by atoms with van der Waals surface area (Å²) in [4.78, 5) is 11.7. The fourth-order valence-corrected chi connectivity index (χ4v) is 4.78. The maximum absolute atomic E-state index is 11.7. The molecule has 3 heterocycles. The Balaban J connectivity index is 1.89. The lowest BCUT2D eigenvalue weighted by Crippen LogP contribution is -2.67. The highest BCUT2D eigenvalue weighted by atomic mass is 16.8. The Bertz CT molecular complexity index is 730. The van der Waals surface area contributed by atoms with Gasteiger partial charge in [0.2, 0.25) is 5.91 Å². The van der Waals surface area contributed by atoms with E-state index in [-0.39, 0.29) is 0 Å². The number of aliphatic hydroxyl groups excluding tert-OH is 7. The third-order valence-corrected chi connectivity index (χ3v) is 7.19. The summed E-state index contributed by atoms with van der Waals surface area (Å²) in [6.07, 6.45) is -14.9. The fraction of sp³-hybridized carbons (Fsp3) is 0.955. The van der Waals surface area contributed by atoms with Crippen LogP contribution < -0.4 is 5.32 Å². The van der Waals surface area contributed by atoms with Crippen LogP contribution in [0.2, 0.25) is 0 Å². The monoisotopic (exact) mass is 525 g/mol. The second kappa shape index (κ2) is 12.2. The van der Waals surface area contributed by atoms with Crippen LogP contribution in [0, 0.1) is 11.8 Å². The highest BCUT2D eigenvalue weighted by Gasteiger charge is 2.52. The van der Waals surface area contributed by atoms with Crippen molar-refractivity contribution < 1.29 is 64.2 Å². The van der Waals surface area contributed by atoms with E-state index in [0.717, 1.165) is 0 Å². The first-order chi connectivity index (χ1) is 16.9. The number of hydrogen-bond acceptors (Lipinski definition) is 13. The summed E-state index contributed by atoms with van der Waals surface area (Å²) in [5.74, 6) is -1.90. The molecule has 14 heteroatoms. The number of carbonyl (C=O) groups excluding carboxylic acids is 1. The molecule has 0 aromatic carbocycles. The van der Waals surface area contributed by atoms with Crippen molar-refractivity contribution in [1.29, 1.82) is 0 Å². The van der Waals surface area contributed by atoms with E-state index in [1.807, 2.05) is 0 Å². The van der Waals surface area contributed by atoms with Gasteiger partial charge in [-0.05, 0) is 6.92 Å². The summed E-state index contributed by atoms with van der Waals surface area (Å²) in [7, 11) is 0. The normalized spacial score (nSPS) is 50.0. The predicted molar refractivity (Wildman–Crippen MR) is 118 cm³/mol. The Hall–Kier alpha value is -1.01. The van der Waals surface area contributed by atoms with Crippen LogP contribution in [-0.2, 0) is 28.5 Å². The summed E-state index contributed by atoms with van der Waals surface area (Å²) < 4.78 is 28.7. The number of hydrogen-bond donors (Lipinski definition) is 8. The number of amides is 1. The SMILES string of the molecule is CC(=O)N[C@H]1C(O)O[C@H](CO)[C@H](O)[C@@H]1O[C@@H]1O[C@H](CO)[C@H](C)[C@H](O)[C@H]1O[C@@H]1O[C@@H](C)[C@@H](O)[C@@H](O)[C@@H]1C. The average Bonchev–Trinajstić information content (AvgIpc) is 2.83. The lowest BCUT2D eigenvalue weighted by molar-refractivity contribution is -0.371. The first kappa shape index (κ1) is 29.5. The maximum Gasteiger partial charge on any atom is 0.217 e. The fourth-order valence-electron chi connectivity index (χ4n) is 4.78. The number of nitrogens with one attached hydrogen (secondary N) is 1. The van der Waals surface area contributed by atoms with E-state index in [2.05, 4.69) is 5.32 Å². The molecule has 0 aliphatic carbocycles. The van der Waals surface area contributed by atoms with Crippen molar-refractivity contribution in [3.05, 3.63) is 0 Å². The Kier molecular flexibility index (Phi) is 10.0. The van der Waals surface area contributed by atoms with Gasteiger partial charge < -0.3 is 64.7 Å². The summed E-state index contributed by atoms with van der Waals surface area (Å²) in [6.45, 7) is 4.81. The van der Waals surface area contributed by atoms with E-state index in [4.69, 9.17) is 23.7 Å². The Morgan fingerprint density at radius 1 is 0.750 bits per heavy atom. The van der Waals surface area contributed by atoms with Crippen molar-refractivity contribution in [1.82, 2.24) is 5.32 Å². The molecule has 0 aromatic heterocycles. The van der Waals surface area contributed by atoms with Crippen molar-refractivity contribution in [3.63, 3.8) is 0 Å². The predicted octanol–water partition coefficient (Wildman–Crippen LogP) is -3.85. The minimum absolute atomic E-state index is 0.476. The van der Waals surface area contributed by atoms with E-state index in [1.54, 1.807) is 20.8 Å². The lowest BCUT2D eigenvalue weighted by atomic mass is 9.89. The van der Waals surface area contributed by atoms with Crippen LogP contribution in [0.1, 0.15) is 27.7 Å². The number of carbonyl (C=O) groups is 1. The van der Waals surface area contributed by atoms with Gasteiger partial charge in [-0.1, -0.05) is 13.8 Å². The zero-order valence-electron chi connectivity index (χ0n) is 20.7. The number of aliphatic hydroxyl groups is 7. The third-order valence-electron chi connectivity index (χ3n) is 7.19. The molecule has 15 atom stereocenters. The standard InChI is InChI=1S/C22H39NO13/c1-7-11(5-24)34-22(19(15(7)28)36-21-8(2)14(27)16(29)9(3)32-21)35-18-13(23-10(4)26)20(31)33-12(6-25)17(18)30/h7-9,11-22,24-25,27-31H,5-6H2,1-4H3,(H,23,26)/t7-,8-,9-,11+,12+,13+,14-,15-,16+,17-,18+,19+,20?,21-,22-/m0/s1. The smallest absolute Gasteiger partial charge is 0.217 e. The number of rotatable bonds is 7. The van der Waals surface area contributed by atoms with Gasteiger partial charge in [0.15, 0.2) is 18.9 Å². The highest BCUT2D eigenvalue weighted by molar-refractivity contribution is 5.73. The summed E-state index contributed by atoms with van der Waals surface area (Å²) in [6, 6.07) is -1.28. The van der Waals surface area contributed by atoms with Gasteiger partial charge in [-0.3, -0.25) is 4.79 Å². The van der Waals surface area contributed by atoms with Gasteiger partial charge in [-0.2, -0.15) is 0 Å². The molecule has 1 amide bonds. The van der Waals surface area contributed by atoms with Gasteiger partial charge in [-0.15, -0.1) is 0 Å². The Morgan fingerprint density at radius 2 is 1.36 bits per heavy atom. The maximum atomic E-state index is 11.7. The van der Waals surface area contributed by atoms with E-state index in [1.165, 1.54) is 6.92 Å². The van der Waals surface area contributed by atoms with Crippen LogP contribution in [0.4, 0.5) is 0 Å². The molecule has 3 aliphatic rings. The highest BCUT2D eigenvalue weighted by Crippen LogP contribution is 2.35. The minimum atomic E-state index is -1.65. The zero-order valence-corrected chi connectivity index (χ0v) is 20.7. The second-order valence-corrected chi connectivity index (χ2v) is 9.79. The third kappa shape index (κ3) is 6.00. The first-order valence-corrected chi connectivity index (χ1v) is 12.1. The molecular formula is C22H39NO13. The van der Waals surface area contributed by atoms with E-state index >= 15 is 0 Å². The van der Waals surface area contributed by atoms with Crippen LogP contribution in [-0.4, -0.2) is 135 Å². The van der Waals surface area contributed by atoms with Gasteiger partial charge in [-0.25, -0.2) is 0 Å². The van der Waals surface area contributed by atoms with E-state index in [0.29, 0.717) is 0 Å². The van der Waals surface area contributed by atoms with Gasteiger partial charge in [0.05, 0.1) is 37.6 Å². The van der Waals surface area contributed by atoms with Gasteiger partial charge in [0.25, 0.3) is 0 Å². The average molecular weight is 526 g/mol. The second-order valence-electron chi connectivity index (χ2n) is 9.79. The van der Waals surface area contributed by atoms with E-state index < -0.39 is 111 Å². The van der Waals surface area contributed by atoms with Crippen molar-refractivity contribution in [2.24, 2.45) is 11.8 Å². The van der Waals surface area contributed by atoms with Gasteiger partial charge in [0.1, 0.15) is 36.6 Å². The van der Waals surface area contributed by atoms with Crippen LogP contribution in [0.15, 0.2) is 0 Å². The molecule has 0 bridgehead atoms. The molecule has 3 fully saturated rings. The molecule has 210 valence electrons. The van der Waals surface area contributed by atoms with E-state index in [9.17, 15) is 40.5 Å². The first-order valence-electron chi connectivity index (χ1n) is 12.1. The topological polar surface area (TPSA) is 217 Å². The molecule has 0 saturated carbocycles. The summed E-state index contributed by atoms with van der Waals surface area (Å²) >= 11 is 0. The molecule has 3 rings (SSSR count). The van der Waals surface area contributed by atoms with Gasteiger partial charge in [0, 0.05) is 18.8 Å². The molecule has 0 aromatic rings. The molecule has 0 spiro atoms. The Labute approximate surface area is 208 Å². The number of ether oxygens (including phenoxy) is 5. The minimum Gasteiger partial charge on any atom is -0.394 e. The zero-order chi connectivity index (χ0) is 26.9. The molecular weight excluding hydrogens is 486 g/mol. The largest absolute Gasteiger partial charge is 0.394 e. The van der Waals surface area contributed by atoms with Gasteiger partial charge >= 0.3 is 0 Å². The molecule has 1 unspecified atom stereocenters. The lowest BCUT2D eigenvalue weighted by Gasteiger charge is -2.49. The molecule has 3 saturated heterocycles. The van der Waals surface area contributed by atoms with Crippen molar-refractivity contribution in [3.8, 4) is 0 Å². The summed E-state index contributed by atoms with van der Waals surface area (Å²) in [5.41, 5.74) is 0.